The molecule has 3 heteroatoms. The molecular formula is C20H23NO2. The minimum atomic E-state index is -0.0739. The molecule has 1 aliphatic rings. The largest absolute Gasteiger partial charge is 0.469 e. The first-order chi connectivity index (χ1) is 11.2. The Labute approximate surface area is 137 Å². The van der Waals surface area contributed by atoms with Gasteiger partial charge in [0.05, 0.1) is 19.2 Å². The molecule has 0 bridgehead atoms. The van der Waals surface area contributed by atoms with Crippen molar-refractivity contribution in [2.24, 2.45) is 5.41 Å². The standard InChI is InChI=1S/C20H23NO2/c1-23-19(22)15-20(11-4-12-20)13-10-16-6-8-17(9-7-16)18-5-2-3-14-21-18/h2-3,5-9,14H,4,10-13,15H2,1H3. The van der Waals surface area contributed by atoms with Crippen LogP contribution in [-0.2, 0) is 16.0 Å². The number of hydrogen-bond donors (Lipinski definition) is 0. The van der Waals surface area contributed by atoms with E-state index < -0.39 is 0 Å². The highest BCUT2D eigenvalue weighted by atomic mass is 16.5. The Morgan fingerprint density at radius 3 is 2.52 bits per heavy atom. The number of nitrogens with zero attached hydrogens (tertiary/aromatic N) is 1. The van der Waals surface area contributed by atoms with Gasteiger partial charge in [-0.1, -0.05) is 36.8 Å². The first kappa shape index (κ1) is 15.7. The summed E-state index contributed by atoms with van der Waals surface area (Å²) in [6, 6.07) is 14.6. The molecule has 0 N–H and O–H groups in total. The van der Waals surface area contributed by atoms with Crippen molar-refractivity contribution in [2.45, 2.75) is 38.5 Å². The maximum Gasteiger partial charge on any atom is 0.306 e. The van der Waals surface area contributed by atoms with Gasteiger partial charge in [-0.05, 0) is 48.8 Å². The Bertz CT molecular complexity index is 645. The molecule has 0 amide bonds. The molecule has 0 unspecified atom stereocenters. The minimum absolute atomic E-state index is 0.0739. The van der Waals surface area contributed by atoms with Crippen LogP contribution in [0, 0.1) is 5.41 Å². The van der Waals surface area contributed by atoms with E-state index in [1.165, 1.54) is 19.1 Å². The van der Waals surface area contributed by atoms with Gasteiger partial charge in [0, 0.05) is 11.8 Å². The number of rotatable bonds is 6. The van der Waals surface area contributed by atoms with E-state index >= 15 is 0 Å². The normalized spacial score (nSPS) is 15.7. The van der Waals surface area contributed by atoms with Crippen LogP contribution in [0.3, 0.4) is 0 Å². The summed E-state index contributed by atoms with van der Waals surface area (Å²) in [5, 5.41) is 0. The molecule has 1 saturated carbocycles. The van der Waals surface area contributed by atoms with Crippen molar-refractivity contribution in [1.82, 2.24) is 4.98 Å². The molecule has 1 aromatic heterocycles. The van der Waals surface area contributed by atoms with Crippen LogP contribution in [0.25, 0.3) is 11.3 Å². The second kappa shape index (κ2) is 6.95. The van der Waals surface area contributed by atoms with Gasteiger partial charge >= 0.3 is 5.97 Å². The van der Waals surface area contributed by atoms with E-state index in [0.717, 1.165) is 36.9 Å². The van der Waals surface area contributed by atoms with Crippen molar-refractivity contribution >= 4 is 5.97 Å². The SMILES string of the molecule is COC(=O)CC1(CCc2ccc(-c3ccccn3)cc2)CCC1. The zero-order valence-electron chi connectivity index (χ0n) is 13.6. The van der Waals surface area contributed by atoms with Crippen LogP contribution >= 0.6 is 0 Å². The molecule has 1 heterocycles. The van der Waals surface area contributed by atoms with Gasteiger partial charge in [-0.15, -0.1) is 0 Å². The van der Waals surface area contributed by atoms with E-state index in [-0.39, 0.29) is 11.4 Å². The summed E-state index contributed by atoms with van der Waals surface area (Å²) < 4.78 is 4.85. The van der Waals surface area contributed by atoms with Crippen LogP contribution in [0.5, 0.6) is 0 Å². The molecule has 0 spiro atoms. The number of carbonyl (C=O) groups excluding carboxylic acids is 1. The predicted octanol–water partition coefficient (Wildman–Crippen LogP) is 4.41. The van der Waals surface area contributed by atoms with Gasteiger partial charge in [-0.25, -0.2) is 0 Å². The minimum Gasteiger partial charge on any atom is -0.469 e. The zero-order valence-corrected chi connectivity index (χ0v) is 13.6. The van der Waals surface area contributed by atoms with Gasteiger partial charge in [-0.3, -0.25) is 9.78 Å². The van der Waals surface area contributed by atoms with Crippen LogP contribution in [0.2, 0.25) is 0 Å². The molecule has 1 aliphatic carbocycles. The summed E-state index contributed by atoms with van der Waals surface area (Å²) in [4.78, 5) is 16.0. The third kappa shape index (κ3) is 3.79. The molecule has 0 aliphatic heterocycles. The lowest BCUT2D eigenvalue weighted by atomic mass is 9.64. The van der Waals surface area contributed by atoms with Crippen molar-refractivity contribution in [2.75, 3.05) is 7.11 Å². The van der Waals surface area contributed by atoms with Crippen molar-refractivity contribution in [3.05, 3.63) is 54.2 Å². The third-order valence-electron chi connectivity index (χ3n) is 5.02. The summed E-state index contributed by atoms with van der Waals surface area (Å²) in [6.07, 6.45) is 7.98. The molecule has 1 aromatic carbocycles. The first-order valence-electron chi connectivity index (χ1n) is 8.28. The Balaban J connectivity index is 1.61. The predicted molar refractivity (Wildman–Crippen MR) is 90.9 cm³/mol. The van der Waals surface area contributed by atoms with Gasteiger partial charge in [0.15, 0.2) is 0 Å². The van der Waals surface area contributed by atoms with Crippen LogP contribution in [0.15, 0.2) is 48.7 Å². The number of ether oxygens (including phenoxy) is 1. The quantitative estimate of drug-likeness (QED) is 0.742. The molecule has 2 aromatic rings. The van der Waals surface area contributed by atoms with Gasteiger partial charge < -0.3 is 4.74 Å². The van der Waals surface area contributed by atoms with Crippen LogP contribution < -0.4 is 0 Å². The van der Waals surface area contributed by atoms with Gasteiger partial charge in [0.2, 0.25) is 0 Å². The number of aromatic nitrogens is 1. The number of aryl methyl sites for hydroxylation is 1. The van der Waals surface area contributed by atoms with E-state index in [4.69, 9.17) is 4.74 Å². The smallest absolute Gasteiger partial charge is 0.306 e. The molecular weight excluding hydrogens is 286 g/mol. The van der Waals surface area contributed by atoms with Crippen molar-refractivity contribution in [1.29, 1.82) is 0 Å². The highest BCUT2D eigenvalue weighted by Crippen LogP contribution is 2.47. The Morgan fingerprint density at radius 1 is 1.17 bits per heavy atom. The monoisotopic (exact) mass is 309 g/mol. The van der Waals surface area contributed by atoms with E-state index in [0.29, 0.717) is 6.42 Å². The van der Waals surface area contributed by atoms with Crippen LogP contribution in [0.4, 0.5) is 0 Å². The van der Waals surface area contributed by atoms with E-state index in [1.807, 2.05) is 24.4 Å². The molecule has 23 heavy (non-hydrogen) atoms. The molecule has 0 atom stereocenters. The lowest BCUT2D eigenvalue weighted by Gasteiger charge is -2.41. The van der Waals surface area contributed by atoms with Crippen molar-refractivity contribution < 1.29 is 9.53 Å². The van der Waals surface area contributed by atoms with Crippen molar-refractivity contribution in [3.63, 3.8) is 0 Å². The molecule has 0 radical (unpaired) electrons. The number of pyridine rings is 1. The van der Waals surface area contributed by atoms with E-state index in [9.17, 15) is 4.79 Å². The highest BCUT2D eigenvalue weighted by molar-refractivity contribution is 5.70. The van der Waals surface area contributed by atoms with E-state index in [2.05, 4.69) is 29.2 Å². The first-order valence-corrected chi connectivity index (χ1v) is 8.28. The average molecular weight is 309 g/mol. The fraction of sp³-hybridized carbons (Fsp3) is 0.400. The number of benzene rings is 1. The lowest BCUT2D eigenvalue weighted by molar-refractivity contribution is -0.145. The van der Waals surface area contributed by atoms with Crippen LogP contribution in [-0.4, -0.2) is 18.1 Å². The second-order valence-corrected chi connectivity index (χ2v) is 6.52. The van der Waals surface area contributed by atoms with Crippen molar-refractivity contribution in [3.8, 4) is 11.3 Å². The number of hydrogen-bond acceptors (Lipinski definition) is 3. The maximum absolute atomic E-state index is 11.6. The molecule has 1 fully saturated rings. The summed E-state index contributed by atoms with van der Waals surface area (Å²) in [5.41, 5.74) is 3.63. The third-order valence-corrected chi connectivity index (χ3v) is 5.02. The summed E-state index contributed by atoms with van der Waals surface area (Å²) in [6.45, 7) is 0. The van der Waals surface area contributed by atoms with Gasteiger partial charge in [0.1, 0.15) is 0 Å². The maximum atomic E-state index is 11.6. The average Bonchev–Trinajstić information content (AvgIpc) is 2.58. The van der Waals surface area contributed by atoms with Gasteiger partial charge in [-0.2, -0.15) is 0 Å². The molecule has 0 saturated heterocycles. The molecule has 3 nitrogen and oxygen atoms in total. The lowest BCUT2D eigenvalue weighted by Crippen LogP contribution is -2.33. The summed E-state index contributed by atoms with van der Waals surface area (Å²) >= 11 is 0. The second-order valence-electron chi connectivity index (χ2n) is 6.52. The summed E-state index contributed by atoms with van der Waals surface area (Å²) in [7, 11) is 1.48. The molecule has 3 rings (SSSR count). The van der Waals surface area contributed by atoms with Crippen LogP contribution in [0.1, 0.15) is 37.7 Å². The Kier molecular flexibility index (Phi) is 4.75. The van der Waals surface area contributed by atoms with E-state index in [1.54, 1.807) is 0 Å². The number of esters is 1. The Hall–Kier alpha value is -2.16. The zero-order chi connectivity index (χ0) is 16.1. The molecule has 120 valence electrons. The number of carbonyl (C=O) groups is 1. The summed E-state index contributed by atoms with van der Waals surface area (Å²) in [5.74, 6) is -0.0739. The number of methoxy groups -OCH3 is 1. The Morgan fingerprint density at radius 2 is 1.96 bits per heavy atom. The highest BCUT2D eigenvalue weighted by Gasteiger charge is 2.38. The fourth-order valence-corrected chi connectivity index (χ4v) is 3.36. The van der Waals surface area contributed by atoms with Gasteiger partial charge in [0.25, 0.3) is 0 Å². The topological polar surface area (TPSA) is 39.2 Å². The fourth-order valence-electron chi connectivity index (χ4n) is 3.36.